The molecule has 164 valence electrons. The van der Waals surface area contributed by atoms with E-state index in [1.165, 1.54) is 18.6 Å². The Bertz CT molecular complexity index is 944. The summed E-state index contributed by atoms with van der Waals surface area (Å²) in [6, 6.07) is 6.98. The fourth-order valence-corrected chi connectivity index (χ4v) is 5.40. The molecule has 0 amide bonds. The number of carbonyl (C=O) groups is 1. The summed E-state index contributed by atoms with van der Waals surface area (Å²) in [5.41, 5.74) is -0.101. The predicted octanol–water partition coefficient (Wildman–Crippen LogP) is 7.20. The molecular weight excluding hydrogens is 401 g/mol. The van der Waals surface area contributed by atoms with Crippen molar-refractivity contribution in [3.8, 4) is 5.75 Å². The first-order chi connectivity index (χ1) is 14.9. The van der Waals surface area contributed by atoms with Gasteiger partial charge in [0, 0.05) is 5.56 Å². The smallest absolute Gasteiger partial charge is 0.343 e. The van der Waals surface area contributed by atoms with Crippen LogP contribution in [-0.2, 0) is 0 Å². The van der Waals surface area contributed by atoms with E-state index in [2.05, 4.69) is 12.2 Å². The largest absolute Gasteiger partial charge is 0.423 e. The second-order valence-electron chi connectivity index (χ2n) is 8.83. The van der Waals surface area contributed by atoms with Crippen LogP contribution >= 0.6 is 0 Å². The molecule has 0 bridgehead atoms. The second kappa shape index (κ2) is 9.29. The molecule has 0 aliphatic heterocycles. The molecule has 2 saturated carbocycles. The molecule has 0 spiro atoms. The minimum absolute atomic E-state index is 0.0901. The summed E-state index contributed by atoms with van der Waals surface area (Å²) < 4.78 is 48.0. The van der Waals surface area contributed by atoms with Crippen LogP contribution in [0.1, 0.15) is 67.3 Å². The van der Waals surface area contributed by atoms with Crippen LogP contribution in [0.4, 0.5) is 13.2 Å². The molecule has 2 aliphatic rings. The van der Waals surface area contributed by atoms with Crippen molar-refractivity contribution in [2.45, 2.75) is 51.4 Å². The number of hydrogen-bond acceptors (Lipinski definition) is 2. The van der Waals surface area contributed by atoms with Gasteiger partial charge in [-0.15, -0.1) is 0 Å². The Hall–Kier alpha value is -2.56. The summed E-state index contributed by atoms with van der Waals surface area (Å²) in [6.45, 7) is 2.05. The quantitative estimate of drug-likeness (QED) is 0.292. The molecule has 5 heteroatoms. The summed E-state index contributed by atoms with van der Waals surface area (Å²) in [6.07, 6.45) is 10.3. The highest BCUT2D eigenvalue weighted by atomic mass is 19.1. The number of fused-ring (bicyclic) bond motifs is 1. The minimum Gasteiger partial charge on any atom is -0.423 e. The molecule has 2 aromatic carbocycles. The third kappa shape index (κ3) is 4.86. The lowest BCUT2D eigenvalue weighted by molar-refractivity contribution is 0.0733. The molecule has 31 heavy (non-hydrogen) atoms. The second-order valence-corrected chi connectivity index (χ2v) is 8.83. The van der Waals surface area contributed by atoms with Crippen LogP contribution in [0.25, 0.3) is 0 Å². The Labute approximate surface area is 181 Å². The van der Waals surface area contributed by atoms with Crippen LogP contribution in [0.2, 0.25) is 0 Å². The van der Waals surface area contributed by atoms with E-state index in [1.54, 1.807) is 0 Å². The Balaban J connectivity index is 1.46. The summed E-state index contributed by atoms with van der Waals surface area (Å²) >= 11 is 0. The topological polar surface area (TPSA) is 26.3 Å². The van der Waals surface area contributed by atoms with E-state index in [4.69, 9.17) is 4.74 Å². The number of carbonyl (C=O) groups excluding carboxylic acids is 1. The van der Waals surface area contributed by atoms with Gasteiger partial charge in [0.1, 0.15) is 23.2 Å². The molecule has 4 atom stereocenters. The van der Waals surface area contributed by atoms with E-state index in [-0.39, 0.29) is 22.8 Å². The summed E-state index contributed by atoms with van der Waals surface area (Å²) in [5, 5.41) is 0. The highest BCUT2D eigenvalue weighted by Gasteiger charge is 2.37. The number of halogens is 3. The van der Waals surface area contributed by atoms with Gasteiger partial charge < -0.3 is 4.74 Å². The zero-order valence-corrected chi connectivity index (χ0v) is 17.6. The van der Waals surface area contributed by atoms with Crippen LogP contribution < -0.4 is 4.74 Å². The number of esters is 1. The normalized spacial score (nSPS) is 25.9. The molecular formula is C26H27F3O2. The molecule has 0 saturated heterocycles. The van der Waals surface area contributed by atoms with Crippen LogP contribution in [0.3, 0.4) is 0 Å². The van der Waals surface area contributed by atoms with E-state index in [0.29, 0.717) is 17.8 Å². The molecule has 2 aliphatic carbocycles. The lowest BCUT2D eigenvalue weighted by Crippen LogP contribution is -2.30. The Morgan fingerprint density at radius 2 is 1.58 bits per heavy atom. The van der Waals surface area contributed by atoms with E-state index in [0.717, 1.165) is 56.4 Å². The van der Waals surface area contributed by atoms with Crippen molar-refractivity contribution in [1.82, 2.24) is 0 Å². The van der Waals surface area contributed by atoms with Crippen LogP contribution in [0.5, 0.6) is 5.75 Å². The van der Waals surface area contributed by atoms with Gasteiger partial charge in [0.25, 0.3) is 0 Å². The highest BCUT2D eigenvalue weighted by Crippen LogP contribution is 2.48. The maximum atomic E-state index is 14.9. The van der Waals surface area contributed by atoms with Gasteiger partial charge in [0.05, 0.1) is 5.56 Å². The van der Waals surface area contributed by atoms with Gasteiger partial charge in [-0.2, -0.15) is 0 Å². The maximum Gasteiger partial charge on any atom is 0.343 e. The third-order valence-corrected chi connectivity index (χ3v) is 6.87. The fraction of sp³-hybridized carbons (Fsp3) is 0.423. The molecule has 0 heterocycles. The lowest BCUT2D eigenvalue weighted by Gasteiger charge is -2.42. The minimum atomic E-state index is -0.873. The number of ether oxygens (including phenoxy) is 1. The Morgan fingerprint density at radius 3 is 2.26 bits per heavy atom. The lowest BCUT2D eigenvalue weighted by atomic mass is 9.63. The van der Waals surface area contributed by atoms with E-state index in [9.17, 15) is 18.0 Å². The number of hydrogen-bond donors (Lipinski definition) is 0. The molecule has 2 aromatic rings. The molecule has 2 fully saturated rings. The predicted molar refractivity (Wildman–Crippen MR) is 113 cm³/mol. The van der Waals surface area contributed by atoms with Gasteiger partial charge >= 0.3 is 5.97 Å². The standard InChI is InChI=1S/C26H27F3O2/c1-2-3-16-4-5-18-13-19(7-6-17(18)12-16)25-23(28)14-20(15-24(25)29)26(30)31-22-10-8-21(27)9-11-22/h2-3,8-11,14-19H,4-7,12-13H2,1H3/b3-2+. The Kier molecular flexibility index (Phi) is 6.49. The SMILES string of the molecule is C/C=C/C1CCC2CC(c3c(F)cc(C(=O)Oc4ccc(F)cc4)cc3F)CCC2C1. The highest BCUT2D eigenvalue weighted by molar-refractivity contribution is 5.91. The van der Waals surface area contributed by atoms with Gasteiger partial charge in [-0.05, 0) is 106 Å². The zero-order chi connectivity index (χ0) is 22.0. The van der Waals surface area contributed by atoms with Crippen molar-refractivity contribution in [2.24, 2.45) is 17.8 Å². The fourth-order valence-electron chi connectivity index (χ4n) is 5.40. The van der Waals surface area contributed by atoms with Crippen molar-refractivity contribution >= 4 is 5.97 Å². The molecule has 0 radical (unpaired) electrons. The number of benzene rings is 2. The van der Waals surface area contributed by atoms with Crippen molar-refractivity contribution in [3.05, 3.63) is 77.1 Å². The number of allylic oxidation sites excluding steroid dienone is 2. The molecule has 2 nitrogen and oxygen atoms in total. The summed E-state index contributed by atoms with van der Waals surface area (Å²) in [7, 11) is 0. The summed E-state index contributed by atoms with van der Waals surface area (Å²) in [5.74, 6) is -1.03. The van der Waals surface area contributed by atoms with E-state index >= 15 is 0 Å². The average Bonchev–Trinajstić information content (AvgIpc) is 2.75. The first kappa shape index (κ1) is 21.7. The van der Waals surface area contributed by atoms with Gasteiger partial charge in [-0.1, -0.05) is 12.2 Å². The molecule has 4 rings (SSSR count). The van der Waals surface area contributed by atoms with Crippen molar-refractivity contribution < 1.29 is 22.7 Å². The average molecular weight is 428 g/mol. The van der Waals surface area contributed by atoms with Crippen molar-refractivity contribution in [3.63, 3.8) is 0 Å². The monoisotopic (exact) mass is 428 g/mol. The van der Waals surface area contributed by atoms with Crippen LogP contribution in [0.15, 0.2) is 48.6 Å². The van der Waals surface area contributed by atoms with Crippen LogP contribution in [0, 0.1) is 35.2 Å². The molecule has 0 aromatic heterocycles. The van der Waals surface area contributed by atoms with Gasteiger partial charge in [0.2, 0.25) is 0 Å². The van der Waals surface area contributed by atoms with Gasteiger partial charge in [0.15, 0.2) is 0 Å². The number of rotatable bonds is 4. The van der Waals surface area contributed by atoms with E-state index in [1.807, 2.05) is 6.92 Å². The first-order valence-corrected chi connectivity index (χ1v) is 11.0. The molecule has 0 N–H and O–H groups in total. The molecule has 4 unspecified atom stereocenters. The van der Waals surface area contributed by atoms with Crippen LogP contribution in [-0.4, -0.2) is 5.97 Å². The van der Waals surface area contributed by atoms with Gasteiger partial charge in [-0.3, -0.25) is 0 Å². The van der Waals surface area contributed by atoms with E-state index < -0.39 is 23.4 Å². The zero-order valence-electron chi connectivity index (χ0n) is 17.6. The maximum absolute atomic E-state index is 14.9. The summed E-state index contributed by atoms with van der Waals surface area (Å²) in [4.78, 5) is 12.3. The first-order valence-electron chi connectivity index (χ1n) is 11.0. The Morgan fingerprint density at radius 1 is 0.935 bits per heavy atom. The van der Waals surface area contributed by atoms with Crippen molar-refractivity contribution in [1.29, 1.82) is 0 Å². The third-order valence-electron chi connectivity index (χ3n) is 6.87. The van der Waals surface area contributed by atoms with Crippen molar-refractivity contribution in [2.75, 3.05) is 0 Å². The van der Waals surface area contributed by atoms with Gasteiger partial charge in [-0.25, -0.2) is 18.0 Å².